The summed E-state index contributed by atoms with van der Waals surface area (Å²) >= 11 is 1.62. The SMILES string of the molecule is NC(=O)c1csc(CN2CCCC2c2nc3c([nH]2)CCCC3)c1. The minimum absolute atomic E-state index is 0.343. The van der Waals surface area contributed by atoms with Gasteiger partial charge in [0.2, 0.25) is 5.91 Å². The van der Waals surface area contributed by atoms with E-state index in [0.717, 1.165) is 38.2 Å². The van der Waals surface area contributed by atoms with Gasteiger partial charge in [-0.3, -0.25) is 9.69 Å². The molecular formula is C17H22N4OS. The molecule has 3 heterocycles. The van der Waals surface area contributed by atoms with Gasteiger partial charge in [-0.15, -0.1) is 11.3 Å². The smallest absolute Gasteiger partial charge is 0.249 e. The van der Waals surface area contributed by atoms with Crippen molar-refractivity contribution < 1.29 is 4.79 Å². The largest absolute Gasteiger partial charge is 0.366 e. The highest BCUT2D eigenvalue weighted by Crippen LogP contribution is 2.34. The molecule has 0 saturated carbocycles. The van der Waals surface area contributed by atoms with E-state index in [1.807, 2.05) is 11.4 Å². The molecule has 2 aromatic rings. The third-order valence-corrected chi connectivity index (χ3v) is 5.87. The predicted octanol–water partition coefficient (Wildman–Crippen LogP) is 2.79. The Morgan fingerprint density at radius 2 is 2.26 bits per heavy atom. The highest BCUT2D eigenvalue weighted by Gasteiger charge is 2.30. The average molecular weight is 330 g/mol. The topological polar surface area (TPSA) is 75.0 Å². The molecule has 0 aromatic carbocycles. The van der Waals surface area contributed by atoms with Gasteiger partial charge < -0.3 is 10.7 Å². The molecule has 0 radical (unpaired) electrons. The quantitative estimate of drug-likeness (QED) is 0.905. The number of fused-ring (bicyclic) bond motifs is 1. The van der Waals surface area contributed by atoms with Crippen molar-refractivity contribution in [2.75, 3.05) is 6.54 Å². The van der Waals surface area contributed by atoms with Crippen LogP contribution < -0.4 is 5.73 Å². The Kier molecular flexibility index (Phi) is 3.95. The number of aromatic amines is 1. The first kappa shape index (κ1) is 14.9. The van der Waals surface area contributed by atoms with Crippen molar-refractivity contribution in [3.63, 3.8) is 0 Å². The molecule has 1 unspecified atom stereocenters. The summed E-state index contributed by atoms with van der Waals surface area (Å²) in [7, 11) is 0. The van der Waals surface area contributed by atoms with Gasteiger partial charge in [0.25, 0.3) is 0 Å². The van der Waals surface area contributed by atoms with Gasteiger partial charge in [-0.1, -0.05) is 0 Å². The molecule has 1 aliphatic heterocycles. The predicted molar refractivity (Wildman–Crippen MR) is 90.5 cm³/mol. The third-order valence-electron chi connectivity index (χ3n) is 4.95. The molecule has 5 nitrogen and oxygen atoms in total. The molecule has 2 aromatic heterocycles. The Balaban J connectivity index is 1.51. The van der Waals surface area contributed by atoms with Gasteiger partial charge in [0, 0.05) is 22.5 Å². The molecule has 1 aliphatic carbocycles. The number of hydrogen-bond donors (Lipinski definition) is 2. The fourth-order valence-electron chi connectivity index (χ4n) is 3.75. The molecule has 0 bridgehead atoms. The number of aromatic nitrogens is 2. The molecule has 122 valence electrons. The van der Waals surface area contributed by atoms with E-state index in [1.54, 1.807) is 11.3 Å². The van der Waals surface area contributed by atoms with E-state index in [2.05, 4.69) is 9.88 Å². The zero-order chi connectivity index (χ0) is 15.8. The lowest BCUT2D eigenvalue weighted by Gasteiger charge is -2.22. The number of carbonyl (C=O) groups excluding carboxylic acids is 1. The lowest BCUT2D eigenvalue weighted by Crippen LogP contribution is -2.23. The number of nitrogens with two attached hydrogens (primary N) is 1. The summed E-state index contributed by atoms with van der Waals surface area (Å²) in [6.45, 7) is 1.95. The molecule has 6 heteroatoms. The van der Waals surface area contributed by atoms with Crippen molar-refractivity contribution in [3.05, 3.63) is 39.1 Å². The summed E-state index contributed by atoms with van der Waals surface area (Å²) in [5, 5.41) is 1.86. The number of imidazole rings is 1. The van der Waals surface area contributed by atoms with Crippen LogP contribution in [0.15, 0.2) is 11.4 Å². The highest BCUT2D eigenvalue weighted by atomic mass is 32.1. The van der Waals surface area contributed by atoms with Crippen LogP contribution in [0, 0.1) is 0 Å². The first-order valence-corrected chi connectivity index (χ1v) is 9.27. The van der Waals surface area contributed by atoms with Crippen LogP contribution in [0.4, 0.5) is 0 Å². The van der Waals surface area contributed by atoms with Gasteiger partial charge in [0.05, 0.1) is 17.3 Å². The van der Waals surface area contributed by atoms with E-state index in [4.69, 9.17) is 10.7 Å². The summed E-state index contributed by atoms with van der Waals surface area (Å²) in [6.07, 6.45) is 7.14. The molecule has 1 atom stereocenters. The van der Waals surface area contributed by atoms with Crippen molar-refractivity contribution >= 4 is 17.2 Å². The lowest BCUT2D eigenvalue weighted by atomic mass is 10.0. The molecule has 1 fully saturated rings. The summed E-state index contributed by atoms with van der Waals surface area (Å²) in [5.74, 6) is 0.797. The fraction of sp³-hybridized carbons (Fsp3) is 0.529. The van der Waals surface area contributed by atoms with Gasteiger partial charge in [-0.05, 0) is 51.1 Å². The van der Waals surface area contributed by atoms with Crippen LogP contribution in [-0.2, 0) is 19.4 Å². The molecular weight excluding hydrogens is 308 g/mol. The van der Waals surface area contributed by atoms with E-state index in [9.17, 15) is 4.79 Å². The van der Waals surface area contributed by atoms with E-state index >= 15 is 0 Å². The maximum Gasteiger partial charge on any atom is 0.249 e. The Bertz CT molecular complexity index is 697. The molecule has 1 amide bonds. The maximum atomic E-state index is 11.2. The van der Waals surface area contributed by atoms with Crippen molar-refractivity contribution in [1.82, 2.24) is 14.9 Å². The summed E-state index contributed by atoms with van der Waals surface area (Å²) in [6, 6.07) is 2.30. The van der Waals surface area contributed by atoms with Crippen LogP contribution in [0.25, 0.3) is 0 Å². The molecule has 0 spiro atoms. The Labute approximate surface area is 139 Å². The number of H-pyrrole nitrogens is 1. The van der Waals surface area contributed by atoms with E-state index in [1.165, 1.54) is 35.5 Å². The second kappa shape index (κ2) is 6.09. The number of likely N-dealkylation sites (tertiary alicyclic amines) is 1. The second-order valence-electron chi connectivity index (χ2n) is 6.55. The normalized spacial score (nSPS) is 21.5. The van der Waals surface area contributed by atoms with Crippen molar-refractivity contribution in [2.45, 2.75) is 51.1 Å². The Hall–Kier alpha value is -1.66. The number of amides is 1. The molecule has 4 rings (SSSR count). The lowest BCUT2D eigenvalue weighted by molar-refractivity contribution is 0.100. The monoisotopic (exact) mass is 330 g/mol. The van der Waals surface area contributed by atoms with Crippen molar-refractivity contribution in [3.8, 4) is 0 Å². The van der Waals surface area contributed by atoms with Crippen LogP contribution in [0.2, 0.25) is 0 Å². The van der Waals surface area contributed by atoms with Gasteiger partial charge in [0.15, 0.2) is 0 Å². The van der Waals surface area contributed by atoms with Crippen LogP contribution >= 0.6 is 11.3 Å². The standard InChI is InChI=1S/C17H22N4OS/c18-16(22)11-8-12(23-10-11)9-21-7-3-6-15(21)17-19-13-4-1-2-5-14(13)20-17/h8,10,15H,1-7,9H2,(H2,18,22)(H,19,20). The van der Waals surface area contributed by atoms with Crippen molar-refractivity contribution in [1.29, 1.82) is 0 Å². The molecule has 2 aliphatic rings. The number of hydrogen-bond acceptors (Lipinski definition) is 4. The minimum Gasteiger partial charge on any atom is -0.366 e. The third kappa shape index (κ3) is 2.93. The van der Waals surface area contributed by atoms with Crippen LogP contribution in [0.5, 0.6) is 0 Å². The number of nitrogens with zero attached hydrogens (tertiary/aromatic N) is 2. The van der Waals surface area contributed by atoms with Gasteiger partial charge in [-0.2, -0.15) is 0 Å². The van der Waals surface area contributed by atoms with Crippen molar-refractivity contribution in [2.24, 2.45) is 5.73 Å². The van der Waals surface area contributed by atoms with Gasteiger partial charge >= 0.3 is 0 Å². The van der Waals surface area contributed by atoms with Crippen LogP contribution in [0.3, 0.4) is 0 Å². The van der Waals surface area contributed by atoms with E-state index in [-0.39, 0.29) is 5.91 Å². The minimum atomic E-state index is -0.343. The number of thiophene rings is 1. The zero-order valence-electron chi connectivity index (χ0n) is 13.2. The molecule has 3 N–H and O–H groups in total. The van der Waals surface area contributed by atoms with E-state index < -0.39 is 0 Å². The zero-order valence-corrected chi connectivity index (χ0v) is 14.0. The summed E-state index contributed by atoms with van der Waals surface area (Å²) in [4.78, 5) is 23.4. The van der Waals surface area contributed by atoms with Crippen LogP contribution in [-0.4, -0.2) is 27.3 Å². The Morgan fingerprint density at radius 3 is 3.04 bits per heavy atom. The van der Waals surface area contributed by atoms with Gasteiger partial charge in [0.1, 0.15) is 5.82 Å². The number of carbonyl (C=O) groups is 1. The number of aryl methyl sites for hydroxylation is 2. The van der Waals surface area contributed by atoms with Gasteiger partial charge in [-0.25, -0.2) is 4.98 Å². The first-order valence-electron chi connectivity index (χ1n) is 8.39. The fourth-order valence-corrected chi connectivity index (χ4v) is 4.65. The maximum absolute atomic E-state index is 11.2. The Morgan fingerprint density at radius 1 is 1.39 bits per heavy atom. The molecule has 1 saturated heterocycles. The average Bonchev–Trinajstić information content (AvgIpc) is 3.25. The number of rotatable bonds is 4. The first-order chi connectivity index (χ1) is 11.2. The summed E-state index contributed by atoms with van der Waals surface area (Å²) in [5.41, 5.74) is 8.60. The summed E-state index contributed by atoms with van der Waals surface area (Å²) < 4.78 is 0. The number of nitrogens with one attached hydrogen (secondary N) is 1. The number of primary amides is 1. The second-order valence-corrected chi connectivity index (χ2v) is 7.54. The highest BCUT2D eigenvalue weighted by molar-refractivity contribution is 7.10. The van der Waals surface area contributed by atoms with Crippen LogP contribution in [0.1, 0.15) is 64.2 Å². The van der Waals surface area contributed by atoms with E-state index in [0.29, 0.717) is 11.6 Å². The molecule has 23 heavy (non-hydrogen) atoms.